The summed E-state index contributed by atoms with van der Waals surface area (Å²) in [5.41, 5.74) is 25.1. The standard InChI is InChI=1S/C72H50B2N2O2S2/c1-71(2)53-31-19-17-29-49(53)51-33-35-55-69(65(51)71)79-63-39-47(77-45-25-13-7-14-26-45)37-61-67(63)73(55)57-41-58-60(42-59(57)75(61)43-21-9-5-10-22-43)76(44-23-11-6-12-24-44)62-38-48(78-46-27-15-8-16-28-46)40-64-68(62)74(58)56-36-34-52-50-30-18-20-32-54(50)72(3,4)66(52)70(56)80-64/h5-42H,1-4H3. The number of ether oxygens (including phenoxy) is 2. The van der Waals surface area contributed by atoms with Crippen molar-refractivity contribution in [2.75, 3.05) is 9.80 Å². The molecule has 0 atom stereocenters. The van der Waals surface area contributed by atoms with Gasteiger partial charge in [-0.1, -0.05) is 214 Å². The van der Waals surface area contributed by atoms with Gasteiger partial charge in [0.05, 0.1) is 0 Å². The molecule has 0 bridgehead atoms. The number of hydrogen-bond acceptors (Lipinski definition) is 6. The van der Waals surface area contributed by atoms with Crippen LogP contribution in [0.4, 0.5) is 34.1 Å². The van der Waals surface area contributed by atoms with Crippen molar-refractivity contribution in [3.63, 3.8) is 0 Å². The van der Waals surface area contributed by atoms with Crippen molar-refractivity contribution in [3.8, 4) is 45.3 Å². The topological polar surface area (TPSA) is 24.9 Å². The lowest BCUT2D eigenvalue weighted by Gasteiger charge is -2.45. The van der Waals surface area contributed by atoms with E-state index in [0.29, 0.717) is 0 Å². The fraction of sp³-hybridized carbons (Fsp3) is 0.0833. The molecule has 4 nitrogen and oxygen atoms in total. The van der Waals surface area contributed by atoms with E-state index >= 15 is 0 Å². The minimum Gasteiger partial charge on any atom is -0.457 e. The molecule has 0 spiro atoms. The zero-order valence-corrected chi connectivity index (χ0v) is 46.3. The third-order valence-electron chi connectivity index (χ3n) is 18.0. The highest BCUT2D eigenvalue weighted by Gasteiger charge is 2.50. The Bertz CT molecular complexity index is 4170. The molecule has 0 N–H and O–H groups in total. The van der Waals surface area contributed by atoms with E-state index in [0.717, 1.165) is 57.1 Å². The quantitative estimate of drug-likeness (QED) is 0.154. The molecule has 4 aliphatic heterocycles. The van der Waals surface area contributed by atoms with E-state index in [-0.39, 0.29) is 24.3 Å². The van der Waals surface area contributed by atoms with Crippen molar-refractivity contribution in [2.24, 2.45) is 0 Å². The maximum Gasteiger partial charge on any atom is 0.249 e. The highest BCUT2D eigenvalue weighted by molar-refractivity contribution is 8.00. The molecule has 0 amide bonds. The second kappa shape index (κ2) is 17.0. The summed E-state index contributed by atoms with van der Waals surface area (Å²) in [4.78, 5) is 10.2. The lowest BCUT2D eigenvalue weighted by Crippen LogP contribution is -2.64. The molecular formula is C72H50B2N2O2S2. The highest BCUT2D eigenvalue weighted by Crippen LogP contribution is 2.57. The number of anilines is 6. The molecule has 11 aromatic rings. The van der Waals surface area contributed by atoms with Gasteiger partial charge in [0.25, 0.3) is 0 Å². The van der Waals surface area contributed by atoms with Gasteiger partial charge >= 0.3 is 0 Å². The first-order valence-corrected chi connectivity index (χ1v) is 29.4. The Morgan fingerprint density at radius 1 is 0.338 bits per heavy atom. The Balaban J connectivity index is 0.977. The lowest BCUT2D eigenvalue weighted by atomic mass is 9.31. The van der Waals surface area contributed by atoms with Gasteiger partial charge in [-0.3, -0.25) is 0 Å². The van der Waals surface area contributed by atoms with Gasteiger partial charge in [-0.25, -0.2) is 0 Å². The molecule has 4 heterocycles. The summed E-state index contributed by atoms with van der Waals surface area (Å²) in [6, 6.07) is 84.7. The van der Waals surface area contributed by atoms with E-state index in [9.17, 15) is 0 Å². The van der Waals surface area contributed by atoms with Gasteiger partial charge in [0.2, 0.25) is 13.4 Å². The minimum atomic E-state index is -0.220. The number of para-hydroxylation sites is 4. The Morgan fingerprint density at radius 3 is 1.15 bits per heavy atom. The molecule has 0 aromatic heterocycles. The van der Waals surface area contributed by atoms with Gasteiger partial charge in [0, 0.05) is 76.7 Å². The van der Waals surface area contributed by atoms with E-state index in [1.165, 1.54) is 96.9 Å². The molecule has 11 aromatic carbocycles. The average molecular weight is 1060 g/mol. The molecule has 2 aliphatic carbocycles. The monoisotopic (exact) mass is 1060 g/mol. The number of rotatable bonds is 6. The van der Waals surface area contributed by atoms with Crippen molar-refractivity contribution in [3.05, 3.63) is 253 Å². The van der Waals surface area contributed by atoms with Gasteiger partial charge in [0.15, 0.2) is 0 Å². The van der Waals surface area contributed by atoms with Crippen LogP contribution in [0.2, 0.25) is 0 Å². The normalized spacial score (nSPS) is 15.2. The summed E-state index contributed by atoms with van der Waals surface area (Å²) in [7, 11) is 0. The zero-order valence-electron chi connectivity index (χ0n) is 44.6. The Kier molecular flexibility index (Phi) is 9.84. The van der Waals surface area contributed by atoms with Gasteiger partial charge < -0.3 is 19.3 Å². The van der Waals surface area contributed by atoms with Gasteiger partial charge in [-0.05, 0) is 133 Å². The van der Waals surface area contributed by atoms with Crippen LogP contribution >= 0.6 is 23.5 Å². The number of benzene rings is 11. The third kappa shape index (κ3) is 6.52. The first kappa shape index (κ1) is 46.4. The Morgan fingerprint density at radius 2 is 0.725 bits per heavy atom. The van der Waals surface area contributed by atoms with E-state index in [4.69, 9.17) is 9.47 Å². The van der Waals surface area contributed by atoms with Crippen molar-refractivity contribution >= 4 is 104 Å². The first-order valence-electron chi connectivity index (χ1n) is 27.8. The predicted molar refractivity (Wildman–Crippen MR) is 334 cm³/mol. The predicted octanol–water partition coefficient (Wildman–Crippen LogP) is 15.4. The molecule has 0 radical (unpaired) electrons. The Hall–Kier alpha value is -8.55. The van der Waals surface area contributed by atoms with Crippen molar-refractivity contribution < 1.29 is 9.47 Å². The van der Waals surface area contributed by atoms with Crippen LogP contribution in [0.1, 0.15) is 49.9 Å². The summed E-state index contributed by atoms with van der Waals surface area (Å²) >= 11 is 3.85. The number of hydrogen-bond donors (Lipinski definition) is 0. The summed E-state index contributed by atoms with van der Waals surface area (Å²) in [6.45, 7) is 9.52. The van der Waals surface area contributed by atoms with Gasteiger partial charge in [-0.15, -0.1) is 0 Å². The second-order valence-electron chi connectivity index (χ2n) is 23.1. The summed E-state index contributed by atoms with van der Waals surface area (Å²) in [5, 5.41) is 0. The third-order valence-corrected chi connectivity index (χ3v) is 20.4. The molecule has 80 heavy (non-hydrogen) atoms. The SMILES string of the molecule is CC1(C)c2ccccc2-c2ccc3c(c21)Sc1cc(Oc2ccccc2)cc2c1B3c1cc3c(cc1N2c1ccccc1)N(c1ccccc1)c1cc(Oc2ccccc2)cc2c1B3c1ccc3c(c1S2)C(C)(C)c1ccccc1-3. The molecule has 0 fully saturated rings. The molecule has 0 saturated carbocycles. The number of nitrogens with zero attached hydrogens (tertiary/aromatic N) is 2. The van der Waals surface area contributed by atoms with E-state index in [1.54, 1.807) is 0 Å². The maximum atomic E-state index is 6.93. The molecule has 378 valence electrons. The largest absolute Gasteiger partial charge is 0.457 e. The fourth-order valence-electron chi connectivity index (χ4n) is 14.6. The van der Waals surface area contributed by atoms with Crippen molar-refractivity contribution in [1.29, 1.82) is 0 Å². The molecule has 8 heteroatoms. The second-order valence-corrected chi connectivity index (χ2v) is 25.2. The maximum absolute atomic E-state index is 6.93. The van der Waals surface area contributed by atoms with Gasteiger partial charge in [-0.2, -0.15) is 0 Å². The van der Waals surface area contributed by atoms with Crippen LogP contribution in [0.5, 0.6) is 23.0 Å². The fourth-order valence-corrected chi connectivity index (χ4v) is 17.6. The first-order chi connectivity index (χ1) is 39.2. The van der Waals surface area contributed by atoms with Crippen LogP contribution in [-0.4, -0.2) is 13.4 Å². The van der Waals surface area contributed by atoms with E-state index in [2.05, 4.69) is 207 Å². The molecule has 0 unspecified atom stereocenters. The summed E-state index contributed by atoms with van der Waals surface area (Å²) in [5.74, 6) is 3.23. The van der Waals surface area contributed by atoms with Crippen LogP contribution < -0.4 is 52.1 Å². The summed E-state index contributed by atoms with van der Waals surface area (Å²) in [6.07, 6.45) is 0. The van der Waals surface area contributed by atoms with Crippen LogP contribution in [0.25, 0.3) is 22.3 Å². The smallest absolute Gasteiger partial charge is 0.249 e. The molecule has 17 rings (SSSR count). The molecule has 0 saturated heterocycles. The van der Waals surface area contributed by atoms with Crippen molar-refractivity contribution in [1.82, 2.24) is 0 Å². The van der Waals surface area contributed by atoms with Gasteiger partial charge in [0.1, 0.15) is 23.0 Å². The average Bonchev–Trinajstić information content (AvgIpc) is 4.06. The summed E-state index contributed by atoms with van der Waals surface area (Å²) < 4.78 is 13.9. The van der Waals surface area contributed by atoms with Crippen LogP contribution in [0.3, 0.4) is 0 Å². The number of fused-ring (bicyclic) bond motifs is 16. The van der Waals surface area contributed by atoms with Crippen LogP contribution in [0.15, 0.2) is 250 Å². The van der Waals surface area contributed by atoms with E-state index < -0.39 is 0 Å². The molecular weight excluding hydrogens is 1010 g/mol. The van der Waals surface area contributed by atoms with Crippen LogP contribution in [-0.2, 0) is 10.8 Å². The molecule has 6 aliphatic rings. The Labute approximate surface area is 476 Å². The minimum absolute atomic E-state index is 0.0920. The van der Waals surface area contributed by atoms with Crippen molar-refractivity contribution in [2.45, 2.75) is 58.1 Å². The highest BCUT2D eigenvalue weighted by atomic mass is 32.2. The zero-order chi connectivity index (χ0) is 53.2. The lowest BCUT2D eigenvalue weighted by molar-refractivity contribution is 0.481. The van der Waals surface area contributed by atoms with E-state index in [1.807, 2.05) is 84.2 Å². The van der Waals surface area contributed by atoms with Crippen LogP contribution in [0, 0.1) is 0 Å².